The number of nitrogens with one attached hydrogen (secondary N) is 1. The zero-order valence-corrected chi connectivity index (χ0v) is 18.1. The highest BCUT2D eigenvalue weighted by molar-refractivity contribution is 7.20. The van der Waals surface area contributed by atoms with Crippen molar-refractivity contribution in [3.63, 3.8) is 0 Å². The molecule has 1 aliphatic heterocycles. The number of ether oxygens (including phenoxy) is 1. The number of hydrogen-bond acceptors (Lipinski definition) is 5. The number of aryl methyl sites for hydroxylation is 1. The molecule has 1 N–H and O–H groups in total. The monoisotopic (exact) mass is 450 g/mol. The van der Waals surface area contributed by atoms with Gasteiger partial charge in [-0.2, -0.15) is 5.10 Å². The third-order valence-corrected chi connectivity index (χ3v) is 6.48. The number of carbonyl (C=O) groups excluding carboxylic acids is 2. The van der Waals surface area contributed by atoms with Crippen LogP contribution in [0.3, 0.4) is 0 Å². The molecule has 0 saturated carbocycles. The number of hydrogen-bond donors (Lipinski definition) is 1. The van der Waals surface area contributed by atoms with Crippen LogP contribution in [0.2, 0.25) is 0 Å². The lowest BCUT2D eigenvalue weighted by atomic mass is 10.1. The van der Waals surface area contributed by atoms with Gasteiger partial charge in [0.05, 0.1) is 28.5 Å². The first-order valence-corrected chi connectivity index (χ1v) is 10.8. The van der Waals surface area contributed by atoms with E-state index in [9.17, 15) is 14.0 Å². The molecule has 162 valence electrons. The molecule has 0 aliphatic carbocycles. The summed E-state index contributed by atoms with van der Waals surface area (Å²) < 4.78 is 20.9. The number of carbonyl (C=O) groups is 2. The maximum absolute atomic E-state index is 13.6. The molecule has 1 aliphatic rings. The third kappa shape index (κ3) is 3.31. The van der Waals surface area contributed by atoms with Crippen molar-refractivity contribution in [3.8, 4) is 11.4 Å². The van der Waals surface area contributed by atoms with E-state index in [0.717, 1.165) is 15.9 Å². The normalized spacial score (nSPS) is 15.3. The average Bonchev–Trinajstić information content (AvgIpc) is 3.38. The molecule has 1 atom stereocenters. The fourth-order valence-corrected chi connectivity index (χ4v) is 4.90. The number of amides is 2. The number of halogens is 1. The van der Waals surface area contributed by atoms with Crippen LogP contribution < -0.4 is 15.0 Å². The molecule has 7 nitrogen and oxygen atoms in total. The van der Waals surface area contributed by atoms with Crippen LogP contribution in [0, 0.1) is 12.7 Å². The minimum absolute atomic E-state index is 0.104. The van der Waals surface area contributed by atoms with E-state index in [2.05, 4.69) is 10.4 Å². The number of para-hydroxylation sites is 2. The summed E-state index contributed by atoms with van der Waals surface area (Å²) in [4.78, 5) is 28.7. The predicted molar refractivity (Wildman–Crippen MR) is 120 cm³/mol. The largest absolute Gasteiger partial charge is 0.477 e. The van der Waals surface area contributed by atoms with E-state index < -0.39 is 6.10 Å². The van der Waals surface area contributed by atoms with Crippen LogP contribution in [0.25, 0.3) is 15.9 Å². The molecule has 2 amide bonds. The van der Waals surface area contributed by atoms with Crippen molar-refractivity contribution < 1.29 is 18.7 Å². The minimum atomic E-state index is -0.801. The highest BCUT2D eigenvalue weighted by Crippen LogP contribution is 2.37. The second-order valence-corrected chi connectivity index (χ2v) is 8.44. The first-order valence-electron chi connectivity index (χ1n) is 10.0. The molecule has 0 spiro atoms. The van der Waals surface area contributed by atoms with Gasteiger partial charge >= 0.3 is 0 Å². The number of anilines is 1. The number of thiophene rings is 1. The molecule has 4 aromatic rings. The summed E-state index contributed by atoms with van der Waals surface area (Å²) in [5.74, 6) is -0.361. The maximum Gasteiger partial charge on any atom is 0.268 e. The molecule has 0 radical (unpaired) electrons. The fourth-order valence-electron chi connectivity index (χ4n) is 3.77. The van der Waals surface area contributed by atoms with Crippen LogP contribution in [0.15, 0.2) is 54.6 Å². The fraction of sp³-hybridized carbons (Fsp3) is 0.174. The van der Waals surface area contributed by atoms with Gasteiger partial charge in [0.1, 0.15) is 16.4 Å². The second kappa shape index (κ2) is 7.76. The van der Waals surface area contributed by atoms with E-state index in [1.54, 1.807) is 39.9 Å². The summed E-state index contributed by atoms with van der Waals surface area (Å²) in [7, 11) is 1.54. The van der Waals surface area contributed by atoms with Crippen LogP contribution in [0.1, 0.15) is 15.4 Å². The Hall–Kier alpha value is -3.72. The highest BCUT2D eigenvalue weighted by Gasteiger charge is 2.34. The number of aromatic nitrogens is 2. The van der Waals surface area contributed by atoms with Gasteiger partial charge in [0.2, 0.25) is 0 Å². The molecular formula is C23H19FN4O3S. The van der Waals surface area contributed by atoms with Gasteiger partial charge < -0.3 is 10.1 Å². The average molecular weight is 450 g/mol. The van der Waals surface area contributed by atoms with Gasteiger partial charge in [-0.3, -0.25) is 14.5 Å². The lowest BCUT2D eigenvalue weighted by molar-refractivity contribution is -0.127. The topological polar surface area (TPSA) is 76.5 Å². The molecule has 0 bridgehead atoms. The molecule has 2 aromatic carbocycles. The summed E-state index contributed by atoms with van der Waals surface area (Å²) in [6.07, 6.45) is -0.801. The molecule has 32 heavy (non-hydrogen) atoms. The van der Waals surface area contributed by atoms with Crippen molar-refractivity contribution in [2.45, 2.75) is 13.0 Å². The number of rotatable bonds is 3. The number of benzene rings is 2. The second-order valence-electron chi connectivity index (χ2n) is 7.41. The predicted octanol–water partition coefficient (Wildman–Crippen LogP) is 3.69. The van der Waals surface area contributed by atoms with Crippen molar-refractivity contribution in [2.24, 2.45) is 0 Å². The van der Waals surface area contributed by atoms with Crippen LogP contribution in [0.4, 0.5) is 10.1 Å². The SMILES string of the molecule is CNC(=O)[C@@H]1CN(C(=O)c2cc3c(C)nn(-c4ccc(F)cc4)c3s2)c2ccccc2O1. The van der Waals surface area contributed by atoms with Crippen molar-refractivity contribution >= 4 is 39.1 Å². The lowest BCUT2D eigenvalue weighted by Gasteiger charge is -2.33. The Morgan fingerprint density at radius 1 is 1.19 bits per heavy atom. The molecule has 2 aromatic heterocycles. The molecular weight excluding hydrogens is 431 g/mol. The first kappa shape index (κ1) is 20.2. The van der Waals surface area contributed by atoms with E-state index in [1.807, 2.05) is 19.1 Å². The number of fused-ring (bicyclic) bond motifs is 2. The summed E-state index contributed by atoms with van der Waals surface area (Å²) in [6.45, 7) is 1.97. The van der Waals surface area contributed by atoms with Gasteiger partial charge in [0.15, 0.2) is 6.10 Å². The van der Waals surface area contributed by atoms with E-state index >= 15 is 0 Å². The number of likely N-dealkylation sites (N-methyl/N-ethyl adjacent to an activating group) is 1. The zero-order valence-electron chi connectivity index (χ0n) is 17.3. The van der Waals surface area contributed by atoms with E-state index in [4.69, 9.17) is 4.74 Å². The van der Waals surface area contributed by atoms with Crippen molar-refractivity contribution in [1.29, 1.82) is 0 Å². The van der Waals surface area contributed by atoms with E-state index in [0.29, 0.717) is 22.0 Å². The van der Waals surface area contributed by atoms with Crippen molar-refractivity contribution in [3.05, 3.63) is 71.0 Å². The molecule has 9 heteroatoms. The third-order valence-electron chi connectivity index (χ3n) is 5.38. The molecule has 5 rings (SSSR count). The van der Waals surface area contributed by atoms with Crippen LogP contribution >= 0.6 is 11.3 Å². The summed E-state index contributed by atoms with van der Waals surface area (Å²) in [6, 6.07) is 15.0. The Balaban J connectivity index is 1.55. The Morgan fingerprint density at radius 3 is 2.69 bits per heavy atom. The molecule has 0 saturated heterocycles. The molecule has 0 fully saturated rings. The number of nitrogens with zero attached hydrogens (tertiary/aromatic N) is 3. The molecule has 3 heterocycles. The van der Waals surface area contributed by atoms with Gasteiger partial charge in [-0.15, -0.1) is 11.3 Å². The summed E-state index contributed by atoms with van der Waals surface area (Å²) in [5.41, 5.74) is 2.10. The first-order chi connectivity index (χ1) is 15.5. The van der Waals surface area contributed by atoms with E-state index in [-0.39, 0.29) is 24.2 Å². The standard InChI is InChI=1S/C23H19FN4O3S/c1-13-16-11-20(32-23(16)28(26-13)15-9-7-14(24)8-10-15)22(30)27-12-19(21(29)25-2)31-18-6-4-3-5-17(18)27/h3-11,19H,12H2,1-2H3,(H,25,29)/t19-/m0/s1. The van der Waals surface area contributed by atoms with Gasteiger partial charge in [-0.25, -0.2) is 9.07 Å². The van der Waals surface area contributed by atoms with Gasteiger partial charge in [0.25, 0.3) is 11.8 Å². The minimum Gasteiger partial charge on any atom is -0.477 e. The Morgan fingerprint density at radius 2 is 1.94 bits per heavy atom. The summed E-state index contributed by atoms with van der Waals surface area (Å²) in [5, 5.41) is 7.99. The molecule has 0 unspecified atom stereocenters. The van der Waals surface area contributed by atoms with Crippen LogP contribution in [0.5, 0.6) is 5.75 Å². The zero-order chi connectivity index (χ0) is 22.4. The Labute approximate surface area is 187 Å². The summed E-state index contributed by atoms with van der Waals surface area (Å²) >= 11 is 1.31. The smallest absolute Gasteiger partial charge is 0.268 e. The lowest BCUT2D eigenvalue weighted by Crippen LogP contribution is -2.50. The van der Waals surface area contributed by atoms with Gasteiger partial charge in [-0.1, -0.05) is 12.1 Å². The van der Waals surface area contributed by atoms with Gasteiger partial charge in [-0.05, 0) is 49.4 Å². The van der Waals surface area contributed by atoms with Gasteiger partial charge in [0, 0.05) is 12.4 Å². The maximum atomic E-state index is 13.6. The van der Waals surface area contributed by atoms with Crippen molar-refractivity contribution in [2.75, 3.05) is 18.5 Å². The van der Waals surface area contributed by atoms with E-state index in [1.165, 1.54) is 30.5 Å². The van der Waals surface area contributed by atoms with Crippen LogP contribution in [-0.4, -0.2) is 41.3 Å². The Kier molecular flexibility index (Phi) is 4.90. The quantitative estimate of drug-likeness (QED) is 0.517. The Bertz CT molecular complexity index is 1350. The highest BCUT2D eigenvalue weighted by atomic mass is 32.1. The van der Waals surface area contributed by atoms with Crippen LogP contribution in [-0.2, 0) is 4.79 Å². The van der Waals surface area contributed by atoms with Crippen molar-refractivity contribution in [1.82, 2.24) is 15.1 Å².